The van der Waals surface area contributed by atoms with Gasteiger partial charge < -0.3 is 4.74 Å². The van der Waals surface area contributed by atoms with Crippen molar-refractivity contribution in [2.24, 2.45) is 23.7 Å². The SMILES string of the molecule is CCCCCCC(=O)Oc1cccc(N2C(=O)C3C4CC(C(Br)C4Br)C3C2=O)c1. The van der Waals surface area contributed by atoms with Gasteiger partial charge in [0, 0.05) is 22.1 Å². The Kier molecular flexibility index (Phi) is 6.17. The highest BCUT2D eigenvalue weighted by atomic mass is 79.9. The Hall–Kier alpha value is -1.21. The molecule has 3 fully saturated rings. The van der Waals surface area contributed by atoms with Crippen molar-refractivity contribution in [1.82, 2.24) is 0 Å². The summed E-state index contributed by atoms with van der Waals surface area (Å²) in [6.07, 6.45) is 5.32. The monoisotopic (exact) mass is 525 g/mol. The topological polar surface area (TPSA) is 63.7 Å². The van der Waals surface area contributed by atoms with Gasteiger partial charge in [0.05, 0.1) is 17.5 Å². The third-order valence-electron chi connectivity index (χ3n) is 6.53. The first-order valence-electron chi connectivity index (χ1n) is 10.4. The Balaban J connectivity index is 1.47. The third kappa shape index (κ3) is 3.69. The predicted molar refractivity (Wildman–Crippen MR) is 117 cm³/mol. The van der Waals surface area contributed by atoms with Crippen LogP contribution in [0.25, 0.3) is 0 Å². The molecule has 1 heterocycles. The van der Waals surface area contributed by atoms with Crippen molar-refractivity contribution < 1.29 is 19.1 Å². The molecule has 2 bridgehead atoms. The fourth-order valence-electron chi connectivity index (χ4n) is 5.17. The van der Waals surface area contributed by atoms with E-state index in [9.17, 15) is 14.4 Å². The molecule has 0 aromatic heterocycles. The molecule has 2 amide bonds. The maximum absolute atomic E-state index is 13.1. The zero-order valence-electron chi connectivity index (χ0n) is 16.4. The number of imide groups is 1. The lowest BCUT2D eigenvalue weighted by atomic mass is 9.81. The van der Waals surface area contributed by atoms with Gasteiger partial charge in [-0.2, -0.15) is 0 Å². The summed E-state index contributed by atoms with van der Waals surface area (Å²) < 4.78 is 5.44. The van der Waals surface area contributed by atoms with E-state index in [2.05, 4.69) is 38.8 Å². The Morgan fingerprint density at radius 1 is 1.07 bits per heavy atom. The number of unbranched alkanes of at least 4 members (excludes halogenated alkanes) is 3. The zero-order valence-corrected chi connectivity index (χ0v) is 19.5. The molecule has 156 valence electrons. The smallest absolute Gasteiger partial charge is 0.311 e. The Morgan fingerprint density at radius 2 is 1.72 bits per heavy atom. The summed E-state index contributed by atoms with van der Waals surface area (Å²) >= 11 is 7.41. The van der Waals surface area contributed by atoms with E-state index in [1.54, 1.807) is 24.3 Å². The van der Waals surface area contributed by atoms with Gasteiger partial charge in [-0.15, -0.1) is 0 Å². The van der Waals surface area contributed by atoms with Crippen LogP contribution < -0.4 is 9.64 Å². The van der Waals surface area contributed by atoms with Gasteiger partial charge in [0.1, 0.15) is 5.75 Å². The first kappa shape index (κ1) is 21.0. The summed E-state index contributed by atoms with van der Waals surface area (Å²) in [4.78, 5) is 40.1. The predicted octanol–water partition coefficient (Wildman–Crippen LogP) is 4.84. The normalized spacial score (nSPS) is 32.7. The van der Waals surface area contributed by atoms with E-state index in [1.165, 1.54) is 4.90 Å². The number of carbonyl (C=O) groups is 3. The maximum Gasteiger partial charge on any atom is 0.311 e. The van der Waals surface area contributed by atoms with Gasteiger partial charge >= 0.3 is 5.97 Å². The number of carbonyl (C=O) groups excluding carboxylic acids is 3. The van der Waals surface area contributed by atoms with E-state index >= 15 is 0 Å². The van der Waals surface area contributed by atoms with Crippen LogP contribution in [0.3, 0.4) is 0 Å². The Bertz CT molecular complexity index is 797. The summed E-state index contributed by atoms with van der Waals surface area (Å²) in [5.41, 5.74) is 0.488. The number of hydrogen-bond donors (Lipinski definition) is 0. The molecule has 0 radical (unpaired) electrons. The minimum atomic E-state index is -0.281. The standard InChI is InChI=1S/C22H25Br2NO4/c1-2-3-4-5-9-16(26)29-13-8-6-7-12(10-13)25-21(27)17-14-11-15(18(17)22(25)28)20(24)19(14)23/h6-8,10,14-15,17-20H,2-5,9,11H2,1H3. The van der Waals surface area contributed by atoms with Crippen molar-refractivity contribution in [1.29, 1.82) is 0 Å². The summed E-state index contributed by atoms with van der Waals surface area (Å²) in [6, 6.07) is 6.76. The number of fused-ring (bicyclic) bond motifs is 5. The zero-order chi connectivity index (χ0) is 20.7. The van der Waals surface area contributed by atoms with Crippen LogP contribution >= 0.6 is 31.9 Å². The molecule has 7 heteroatoms. The second kappa shape index (κ2) is 8.50. The minimum absolute atomic E-state index is 0.126. The molecule has 2 saturated carbocycles. The average Bonchev–Trinajstić information content (AvgIpc) is 3.30. The van der Waals surface area contributed by atoms with Crippen molar-refractivity contribution >= 4 is 55.3 Å². The molecule has 6 atom stereocenters. The van der Waals surface area contributed by atoms with Crippen LogP contribution in [0.4, 0.5) is 5.69 Å². The van der Waals surface area contributed by atoms with Gasteiger partial charge in [-0.1, -0.05) is 64.1 Å². The highest BCUT2D eigenvalue weighted by Gasteiger charge is 2.66. The molecule has 1 saturated heterocycles. The second-order valence-corrected chi connectivity index (χ2v) is 10.4. The molecule has 3 aliphatic rings. The lowest BCUT2D eigenvalue weighted by Crippen LogP contribution is -2.37. The molecule has 0 spiro atoms. The van der Waals surface area contributed by atoms with Crippen molar-refractivity contribution in [2.75, 3.05) is 4.90 Å². The molecule has 1 aromatic carbocycles. The molecule has 1 aliphatic heterocycles. The highest BCUT2D eigenvalue weighted by molar-refractivity contribution is 9.12. The van der Waals surface area contributed by atoms with Crippen molar-refractivity contribution in [3.05, 3.63) is 24.3 Å². The summed E-state index contributed by atoms with van der Waals surface area (Å²) in [5, 5.41) is 0. The fourth-order valence-corrected chi connectivity index (χ4v) is 7.04. The average molecular weight is 527 g/mol. The van der Waals surface area contributed by atoms with Gasteiger partial charge in [0.25, 0.3) is 0 Å². The van der Waals surface area contributed by atoms with E-state index in [0.29, 0.717) is 17.9 Å². The number of nitrogens with zero attached hydrogens (tertiary/aromatic N) is 1. The third-order valence-corrected chi connectivity index (χ3v) is 9.74. The maximum atomic E-state index is 13.1. The highest BCUT2D eigenvalue weighted by Crippen LogP contribution is 2.60. The largest absolute Gasteiger partial charge is 0.426 e. The lowest BCUT2D eigenvalue weighted by Gasteiger charge is -2.28. The molecule has 0 N–H and O–H groups in total. The van der Waals surface area contributed by atoms with Crippen LogP contribution in [0.5, 0.6) is 5.75 Å². The molecule has 6 unspecified atom stereocenters. The number of rotatable bonds is 7. The van der Waals surface area contributed by atoms with Gasteiger partial charge in [0.15, 0.2) is 0 Å². The lowest BCUT2D eigenvalue weighted by molar-refractivity contribution is -0.134. The molecule has 1 aromatic rings. The van der Waals surface area contributed by atoms with Crippen LogP contribution in [0.2, 0.25) is 0 Å². The molecule has 4 rings (SSSR count). The molecule has 29 heavy (non-hydrogen) atoms. The quantitative estimate of drug-likeness (QED) is 0.167. The Labute approximate surface area is 187 Å². The second-order valence-electron chi connectivity index (χ2n) is 8.30. The summed E-state index contributed by atoms with van der Waals surface area (Å²) in [6.45, 7) is 2.13. The van der Waals surface area contributed by atoms with E-state index in [4.69, 9.17) is 4.74 Å². The van der Waals surface area contributed by atoms with Gasteiger partial charge in [0.2, 0.25) is 11.8 Å². The van der Waals surface area contributed by atoms with Crippen LogP contribution in [0.15, 0.2) is 24.3 Å². The number of anilines is 1. The number of halogens is 2. The fraction of sp³-hybridized carbons (Fsp3) is 0.591. The number of hydrogen-bond acceptors (Lipinski definition) is 4. The summed E-state index contributed by atoms with van der Waals surface area (Å²) in [5.74, 6) is -0.304. The summed E-state index contributed by atoms with van der Waals surface area (Å²) in [7, 11) is 0. The number of esters is 1. The number of alkyl halides is 2. The van der Waals surface area contributed by atoms with Crippen LogP contribution in [-0.2, 0) is 14.4 Å². The van der Waals surface area contributed by atoms with E-state index in [0.717, 1.165) is 32.1 Å². The van der Waals surface area contributed by atoms with Crippen molar-refractivity contribution in [3.63, 3.8) is 0 Å². The minimum Gasteiger partial charge on any atom is -0.426 e. The number of amides is 2. The van der Waals surface area contributed by atoms with E-state index in [-0.39, 0.29) is 51.1 Å². The van der Waals surface area contributed by atoms with Gasteiger partial charge in [-0.05, 0) is 36.8 Å². The first-order chi connectivity index (χ1) is 13.9. The molecule has 2 aliphatic carbocycles. The molecule has 5 nitrogen and oxygen atoms in total. The molecular weight excluding hydrogens is 502 g/mol. The number of benzene rings is 1. The van der Waals surface area contributed by atoms with Crippen molar-refractivity contribution in [3.8, 4) is 5.75 Å². The van der Waals surface area contributed by atoms with Crippen LogP contribution in [0, 0.1) is 23.7 Å². The van der Waals surface area contributed by atoms with Gasteiger partial charge in [-0.25, -0.2) is 4.90 Å². The van der Waals surface area contributed by atoms with Crippen LogP contribution in [-0.4, -0.2) is 27.4 Å². The Morgan fingerprint density at radius 3 is 2.34 bits per heavy atom. The van der Waals surface area contributed by atoms with Gasteiger partial charge in [-0.3, -0.25) is 14.4 Å². The molecular formula is C22H25Br2NO4. The number of ether oxygens (including phenoxy) is 1. The van der Waals surface area contributed by atoms with E-state index in [1.807, 2.05) is 0 Å². The van der Waals surface area contributed by atoms with Crippen molar-refractivity contribution in [2.45, 2.75) is 55.1 Å². The van der Waals surface area contributed by atoms with E-state index < -0.39 is 0 Å². The van der Waals surface area contributed by atoms with Crippen LogP contribution in [0.1, 0.15) is 45.4 Å². The first-order valence-corrected chi connectivity index (χ1v) is 12.2.